The summed E-state index contributed by atoms with van der Waals surface area (Å²) >= 11 is 0. The highest BCUT2D eigenvalue weighted by Gasteiger charge is 2.27. The van der Waals surface area contributed by atoms with Crippen molar-refractivity contribution in [2.45, 2.75) is 45.2 Å². The number of nitrogens with zero attached hydrogens (tertiary/aromatic N) is 3. The molecular formula is C15H20N4O. The Labute approximate surface area is 118 Å². The van der Waals surface area contributed by atoms with Gasteiger partial charge >= 0.3 is 0 Å². The summed E-state index contributed by atoms with van der Waals surface area (Å²) in [5.41, 5.74) is 0.925. The van der Waals surface area contributed by atoms with Crippen molar-refractivity contribution in [2.75, 3.05) is 5.32 Å². The van der Waals surface area contributed by atoms with Crippen LogP contribution in [-0.4, -0.2) is 25.9 Å². The molecule has 5 nitrogen and oxygen atoms in total. The van der Waals surface area contributed by atoms with Crippen molar-refractivity contribution in [2.24, 2.45) is 0 Å². The Kier molecular flexibility index (Phi) is 3.34. The summed E-state index contributed by atoms with van der Waals surface area (Å²) in [5.74, 6) is 1.83. The smallest absolute Gasteiger partial charge is 0.222 e. The second-order valence-corrected chi connectivity index (χ2v) is 5.30. The first kappa shape index (κ1) is 13.0. The number of phenols is 1. The molecule has 2 unspecified atom stereocenters. The predicted octanol–water partition coefficient (Wildman–Crippen LogP) is 3.20. The van der Waals surface area contributed by atoms with Gasteiger partial charge in [0.15, 0.2) is 5.82 Å². The van der Waals surface area contributed by atoms with Crippen LogP contribution in [0.4, 0.5) is 5.95 Å². The van der Waals surface area contributed by atoms with Crippen LogP contribution in [0.3, 0.4) is 0 Å². The molecular weight excluding hydrogens is 252 g/mol. The van der Waals surface area contributed by atoms with Crippen LogP contribution in [0, 0.1) is 0 Å². The minimum absolute atomic E-state index is 0.258. The molecule has 1 aromatic heterocycles. The van der Waals surface area contributed by atoms with Gasteiger partial charge in [-0.1, -0.05) is 13.8 Å². The number of nitrogens with one attached hydrogen (secondary N) is 1. The molecule has 5 heteroatoms. The molecule has 1 aliphatic heterocycles. The van der Waals surface area contributed by atoms with Crippen molar-refractivity contribution in [3.05, 3.63) is 24.3 Å². The lowest BCUT2D eigenvalue weighted by molar-refractivity contribution is 0.361. The summed E-state index contributed by atoms with van der Waals surface area (Å²) in [4.78, 5) is 4.61. The molecule has 106 valence electrons. The molecule has 0 fully saturated rings. The van der Waals surface area contributed by atoms with Crippen molar-refractivity contribution in [3.8, 4) is 17.1 Å². The molecule has 0 saturated heterocycles. The molecule has 2 aromatic rings. The van der Waals surface area contributed by atoms with Gasteiger partial charge in [0.2, 0.25) is 5.95 Å². The van der Waals surface area contributed by atoms with E-state index in [-0.39, 0.29) is 5.75 Å². The average Bonchev–Trinajstić information content (AvgIpc) is 2.90. The third-order valence-electron chi connectivity index (χ3n) is 3.96. The van der Waals surface area contributed by atoms with Crippen molar-refractivity contribution >= 4 is 5.95 Å². The second-order valence-electron chi connectivity index (χ2n) is 5.30. The van der Waals surface area contributed by atoms with E-state index in [1.165, 1.54) is 0 Å². The number of hydrogen-bond donors (Lipinski definition) is 2. The maximum Gasteiger partial charge on any atom is 0.222 e. The highest BCUT2D eigenvalue weighted by Crippen LogP contribution is 2.31. The molecule has 2 N–H and O–H groups in total. The Balaban J connectivity index is 1.97. The van der Waals surface area contributed by atoms with Gasteiger partial charge in [-0.2, -0.15) is 4.98 Å². The van der Waals surface area contributed by atoms with E-state index in [9.17, 15) is 5.11 Å². The van der Waals surface area contributed by atoms with Crippen LogP contribution in [0.1, 0.15) is 39.2 Å². The number of rotatable bonds is 3. The molecule has 2 atom stereocenters. The van der Waals surface area contributed by atoms with Gasteiger partial charge in [-0.15, -0.1) is 5.10 Å². The Hall–Kier alpha value is -2.04. The number of phenolic OH excluding ortho intramolecular Hbond substituents is 1. The molecule has 1 aliphatic rings. The van der Waals surface area contributed by atoms with Gasteiger partial charge < -0.3 is 10.4 Å². The number of hydrogen-bond acceptors (Lipinski definition) is 4. The van der Waals surface area contributed by atoms with E-state index in [4.69, 9.17) is 0 Å². The average molecular weight is 272 g/mol. The van der Waals surface area contributed by atoms with Crippen molar-refractivity contribution < 1.29 is 5.11 Å². The van der Waals surface area contributed by atoms with E-state index in [0.29, 0.717) is 17.9 Å². The SMILES string of the molecule is CCC1CC(CC)n2nc(-c3ccc(O)cc3)nc2N1. The monoisotopic (exact) mass is 272 g/mol. The molecule has 3 rings (SSSR count). The third kappa shape index (κ3) is 2.24. The molecule has 0 spiro atoms. The molecule has 0 bridgehead atoms. The number of benzene rings is 1. The van der Waals surface area contributed by atoms with Gasteiger partial charge in [-0.25, -0.2) is 4.68 Å². The molecule has 2 heterocycles. The number of aromatic nitrogens is 3. The van der Waals surface area contributed by atoms with E-state index >= 15 is 0 Å². The fourth-order valence-electron chi connectivity index (χ4n) is 2.69. The zero-order chi connectivity index (χ0) is 14.1. The summed E-state index contributed by atoms with van der Waals surface area (Å²) in [6, 6.07) is 7.90. The van der Waals surface area contributed by atoms with Gasteiger partial charge in [-0.3, -0.25) is 0 Å². The molecule has 0 radical (unpaired) electrons. The molecule has 0 amide bonds. The largest absolute Gasteiger partial charge is 0.508 e. The molecule has 0 aliphatic carbocycles. The lowest BCUT2D eigenvalue weighted by Crippen LogP contribution is -2.31. The van der Waals surface area contributed by atoms with Crippen LogP contribution in [0.25, 0.3) is 11.4 Å². The van der Waals surface area contributed by atoms with Gasteiger partial charge in [0.25, 0.3) is 0 Å². The number of aromatic hydroxyl groups is 1. The summed E-state index contributed by atoms with van der Waals surface area (Å²) in [5, 5.41) is 17.4. The highest BCUT2D eigenvalue weighted by molar-refractivity contribution is 5.57. The predicted molar refractivity (Wildman–Crippen MR) is 78.8 cm³/mol. The van der Waals surface area contributed by atoms with E-state index < -0.39 is 0 Å². The first-order chi connectivity index (χ1) is 9.71. The number of anilines is 1. The Bertz CT molecular complexity index is 590. The van der Waals surface area contributed by atoms with E-state index in [0.717, 1.165) is 30.8 Å². The van der Waals surface area contributed by atoms with Crippen LogP contribution in [0.2, 0.25) is 0 Å². The van der Waals surface area contributed by atoms with Crippen molar-refractivity contribution in [1.29, 1.82) is 0 Å². The Morgan fingerprint density at radius 2 is 2.00 bits per heavy atom. The van der Waals surface area contributed by atoms with Crippen LogP contribution >= 0.6 is 0 Å². The first-order valence-corrected chi connectivity index (χ1v) is 7.23. The van der Waals surface area contributed by atoms with E-state index in [2.05, 4.69) is 29.2 Å². The Morgan fingerprint density at radius 3 is 2.65 bits per heavy atom. The fourth-order valence-corrected chi connectivity index (χ4v) is 2.69. The van der Waals surface area contributed by atoms with Crippen LogP contribution < -0.4 is 5.32 Å². The van der Waals surface area contributed by atoms with Gasteiger partial charge in [0, 0.05) is 11.6 Å². The summed E-state index contributed by atoms with van der Waals surface area (Å²) < 4.78 is 2.01. The topological polar surface area (TPSA) is 63.0 Å². The lowest BCUT2D eigenvalue weighted by Gasteiger charge is -2.29. The highest BCUT2D eigenvalue weighted by atomic mass is 16.3. The van der Waals surface area contributed by atoms with Crippen molar-refractivity contribution in [1.82, 2.24) is 14.8 Å². The van der Waals surface area contributed by atoms with E-state index in [1.54, 1.807) is 12.1 Å². The van der Waals surface area contributed by atoms with E-state index in [1.807, 2.05) is 16.8 Å². The summed E-state index contributed by atoms with van der Waals surface area (Å²) in [7, 11) is 0. The fraction of sp³-hybridized carbons (Fsp3) is 0.467. The standard InChI is InChI=1S/C15H20N4O/c1-3-11-9-12(4-2)19-15(16-11)17-14(18-19)10-5-7-13(20)8-6-10/h5-8,11-12,20H,3-4,9H2,1-2H3,(H,16,17,18). The van der Waals surface area contributed by atoms with Crippen molar-refractivity contribution in [3.63, 3.8) is 0 Å². The van der Waals surface area contributed by atoms with Crippen LogP contribution in [0.5, 0.6) is 5.75 Å². The minimum atomic E-state index is 0.258. The molecule has 1 aromatic carbocycles. The third-order valence-corrected chi connectivity index (χ3v) is 3.96. The maximum atomic E-state index is 9.35. The molecule has 20 heavy (non-hydrogen) atoms. The minimum Gasteiger partial charge on any atom is -0.508 e. The normalized spacial score (nSPS) is 21.3. The van der Waals surface area contributed by atoms with Crippen LogP contribution in [-0.2, 0) is 0 Å². The zero-order valence-electron chi connectivity index (χ0n) is 11.9. The van der Waals surface area contributed by atoms with Gasteiger partial charge in [-0.05, 0) is 43.5 Å². The number of fused-ring (bicyclic) bond motifs is 1. The lowest BCUT2D eigenvalue weighted by atomic mass is 10.0. The zero-order valence-corrected chi connectivity index (χ0v) is 11.9. The summed E-state index contributed by atoms with van der Waals surface area (Å²) in [6.07, 6.45) is 3.25. The molecule has 0 saturated carbocycles. The second kappa shape index (κ2) is 5.15. The van der Waals surface area contributed by atoms with Gasteiger partial charge in [0.05, 0.1) is 6.04 Å². The quantitative estimate of drug-likeness (QED) is 0.900. The maximum absolute atomic E-state index is 9.35. The summed E-state index contributed by atoms with van der Waals surface area (Å²) in [6.45, 7) is 4.38. The first-order valence-electron chi connectivity index (χ1n) is 7.23. The van der Waals surface area contributed by atoms with Crippen LogP contribution in [0.15, 0.2) is 24.3 Å². The Morgan fingerprint density at radius 1 is 1.25 bits per heavy atom. The van der Waals surface area contributed by atoms with Gasteiger partial charge in [0.1, 0.15) is 5.75 Å².